The lowest BCUT2D eigenvalue weighted by molar-refractivity contribution is 0.469. The van der Waals surface area contributed by atoms with Crippen molar-refractivity contribution in [2.45, 2.75) is 0 Å². The fourth-order valence-electron chi connectivity index (χ4n) is 2.09. The third kappa shape index (κ3) is 2.05. The minimum absolute atomic E-state index is 0.387. The number of rotatable bonds is 2. The van der Waals surface area contributed by atoms with Crippen molar-refractivity contribution < 1.29 is 4.74 Å². The molecule has 6 nitrogen and oxygen atoms in total. The number of hydrogen-bond acceptors (Lipinski definition) is 5. The number of nitrogens with zero attached hydrogens (tertiary/aromatic N) is 5. The largest absolute Gasteiger partial charge is 0.438 e. The maximum atomic E-state index is 5.87. The molecule has 0 unspecified atom stereocenters. The Kier molecular flexibility index (Phi) is 2.68. The summed E-state index contributed by atoms with van der Waals surface area (Å²) in [6.45, 7) is 0. The second-order valence-electron chi connectivity index (χ2n) is 4.38. The summed E-state index contributed by atoms with van der Waals surface area (Å²) in [5, 5.41) is 12.9. The zero-order valence-electron chi connectivity index (χ0n) is 10.6. The smallest absolute Gasteiger partial charge is 0.277 e. The third-order valence-corrected chi connectivity index (χ3v) is 3.30. The van der Waals surface area contributed by atoms with Gasteiger partial charge < -0.3 is 4.74 Å². The van der Waals surface area contributed by atoms with Gasteiger partial charge in [0.15, 0.2) is 0 Å². The molecule has 0 aliphatic rings. The van der Waals surface area contributed by atoms with Crippen molar-refractivity contribution in [2.24, 2.45) is 0 Å². The van der Waals surface area contributed by atoms with Crippen LogP contribution in [-0.2, 0) is 0 Å². The molecule has 0 N–H and O–H groups in total. The van der Waals surface area contributed by atoms with E-state index in [1.807, 2.05) is 24.3 Å². The molecule has 0 aliphatic heterocycles. The summed E-state index contributed by atoms with van der Waals surface area (Å²) >= 11 is 5.87. The number of ether oxygens (including phenoxy) is 1. The molecule has 2 heterocycles. The van der Waals surface area contributed by atoms with E-state index in [1.165, 1.54) is 0 Å². The molecule has 0 saturated heterocycles. The molecule has 2 aromatic heterocycles. The number of benzene rings is 2. The van der Waals surface area contributed by atoms with Gasteiger partial charge in [0.2, 0.25) is 5.88 Å². The molecule has 0 amide bonds. The quantitative estimate of drug-likeness (QED) is 0.569. The summed E-state index contributed by atoms with van der Waals surface area (Å²) in [4.78, 5) is 4.35. The summed E-state index contributed by atoms with van der Waals surface area (Å²) in [6, 6.07) is 14.7. The van der Waals surface area contributed by atoms with E-state index in [2.05, 4.69) is 20.5 Å². The average molecular weight is 298 g/mol. The first kappa shape index (κ1) is 12.0. The van der Waals surface area contributed by atoms with Gasteiger partial charge in [-0.15, -0.1) is 0 Å². The lowest BCUT2D eigenvalue weighted by Crippen LogP contribution is -1.97. The average Bonchev–Trinajstić information content (AvgIpc) is 2.98. The highest BCUT2D eigenvalue weighted by molar-refractivity contribution is 6.30. The van der Waals surface area contributed by atoms with Crippen molar-refractivity contribution in [3.63, 3.8) is 0 Å². The van der Waals surface area contributed by atoms with Crippen molar-refractivity contribution in [1.82, 2.24) is 25.0 Å². The van der Waals surface area contributed by atoms with Gasteiger partial charge in [0.1, 0.15) is 5.75 Å². The molecule has 2 aromatic carbocycles. The SMILES string of the molecule is Clc1ccc(Oc2nc3nnnn3c3ccccc23)cc1. The standard InChI is InChI=1S/C14H8ClN5O/c15-9-5-7-10(8-6-9)21-13-11-3-1-2-4-12(11)20-14(16-13)17-18-19-20/h1-8H. The summed E-state index contributed by atoms with van der Waals surface area (Å²) in [7, 11) is 0. The Balaban J connectivity index is 1.91. The van der Waals surface area contributed by atoms with Crippen molar-refractivity contribution in [3.8, 4) is 11.6 Å². The number of fused-ring (bicyclic) bond motifs is 3. The molecule has 0 saturated carbocycles. The minimum Gasteiger partial charge on any atom is -0.438 e. The van der Waals surface area contributed by atoms with E-state index in [4.69, 9.17) is 16.3 Å². The highest BCUT2D eigenvalue weighted by Crippen LogP contribution is 2.28. The fraction of sp³-hybridized carbons (Fsp3) is 0. The molecule has 0 atom stereocenters. The molecule has 0 radical (unpaired) electrons. The molecule has 21 heavy (non-hydrogen) atoms. The van der Waals surface area contributed by atoms with E-state index < -0.39 is 0 Å². The first-order chi connectivity index (χ1) is 10.3. The molecule has 4 rings (SSSR count). The molecular formula is C14H8ClN5O. The molecule has 7 heteroatoms. The Labute approximate surface area is 123 Å². The van der Waals surface area contributed by atoms with Gasteiger partial charge in [-0.1, -0.05) is 28.8 Å². The van der Waals surface area contributed by atoms with Crippen LogP contribution < -0.4 is 4.74 Å². The molecular weight excluding hydrogens is 290 g/mol. The van der Waals surface area contributed by atoms with E-state index in [0.717, 1.165) is 10.9 Å². The number of aromatic nitrogens is 5. The molecule has 102 valence electrons. The zero-order valence-corrected chi connectivity index (χ0v) is 11.4. The Hall–Kier alpha value is -2.73. The van der Waals surface area contributed by atoms with Gasteiger partial charge in [0, 0.05) is 5.02 Å². The number of para-hydroxylation sites is 1. The molecule has 4 aromatic rings. The van der Waals surface area contributed by atoms with Crippen LogP contribution in [0.1, 0.15) is 0 Å². The predicted octanol–water partition coefficient (Wildman–Crippen LogP) is 3.12. The number of halogens is 1. The number of hydrogen-bond donors (Lipinski definition) is 0. The van der Waals surface area contributed by atoms with E-state index in [-0.39, 0.29) is 0 Å². The predicted molar refractivity (Wildman–Crippen MR) is 77.6 cm³/mol. The Morgan fingerprint density at radius 1 is 1.00 bits per heavy atom. The lowest BCUT2D eigenvalue weighted by Gasteiger charge is -2.08. The van der Waals surface area contributed by atoms with Crippen LogP contribution in [0.25, 0.3) is 16.7 Å². The monoisotopic (exact) mass is 297 g/mol. The molecule has 0 aliphatic carbocycles. The van der Waals surface area contributed by atoms with Gasteiger partial charge in [0.05, 0.1) is 10.9 Å². The summed E-state index contributed by atoms with van der Waals surface area (Å²) in [5.74, 6) is 1.49. The van der Waals surface area contributed by atoms with Gasteiger partial charge in [-0.05, 0) is 46.8 Å². The van der Waals surface area contributed by atoms with Gasteiger partial charge in [0.25, 0.3) is 5.78 Å². The fourth-order valence-corrected chi connectivity index (χ4v) is 2.22. The van der Waals surface area contributed by atoms with Crippen molar-refractivity contribution in [2.75, 3.05) is 0 Å². The first-order valence-corrected chi connectivity index (χ1v) is 6.59. The van der Waals surface area contributed by atoms with Gasteiger partial charge in [-0.25, -0.2) is 0 Å². The first-order valence-electron chi connectivity index (χ1n) is 6.21. The highest BCUT2D eigenvalue weighted by atomic mass is 35.5. The van der Waals surface area contributed by atoms with E-state index >= 15 is 0 Å². The van der Waals surface area contributed by atoms with Crippen LogP contribution in [0.15, 0.2) is 48.5 Å². The van der Waals surface area contributed by atoms with Gasteiger partial charge >= 0.3 is 0 Å². The van der Waals surface area contributed by atoms with Crippen LogP contribution >= 0.6 is 11.6 Å². The van der Waals surface area contributed by atoms with Crippen molar-refractivity contribution in [3.05, 3.63) is 53.6 Å². The maximum Gasteiger partial charge on any atom is 0.277 e. The third-order valence-electron chi connectivity index (χ3n) is 3.05. The van der Waals surface area contributed by atoms with Gasteiger partial charge in [-0.2, -0.15) is 9.50 Å². The number of tetrazole rings is 1. The topological polar surface area (TPSA) is 65.2 Å². The van der Waals surface area contributed by atoms with Gasteiger partial charge in [-0.3, -0.25) is 0 Å². The van der Waals surface area contributed by atoms with Crippen LogP contribution in [0.3, 0.4) is 0 Å². The van der Waals surface area contributed by atoms with Crippen LogP contribution in [0, 0.1) is 0 Å². The van der Waals surface area contributed by atoms with Crippen molar-refractivity contribution in [1.29, 1.82) is 0 Å². The Bertz CT molecular complexity index is 935. The van der Waals surface area contributed by atoms with Crippen LogP contribution in [0.4, 0.5) is 0 Å². The second-order valence-corrected chi connectivity index (χ2v) is 4.82. The maximum absolute atomic E-state index is 5.87. The summed E-state index contributed by atoms with van der Waals surface area (Å²) in [5.41, 5.74) is 0.830. The van der Waals surface area contributed by atoms with E-state index in [0.29, 0.717) is 22.4 Å². The summed E-state index contributed by atoms with van der Waals surface area (Å²) in [6.07, 6.45) is 0. The Morgan fingerprint density at radius 2 is 1.81 bits per heavy atom. The van der Waals surface area contributed by atoms with E-state index in [9.17, 15) is 0 Å². The highest BCUT2D eigenvalue weighted by Gasteiger charge is 2.11. The molecule has 0 bridgehead atoms. The van der Waals surface area contributed by atoms with E-state index in [1.54, 1.807) is 28.8 Å². The second kappa shape index (κ2) is 4.68. The minimum atomic E-state index is 0.387. The Morgan fingerprint density at radius 3 is 2.67 bits per heavy atom. The van der Waals surface area contributed by atoms with Crippen LogP contribution in [0.2, 0.25) is 5.02 Å². The summed E-state index contributed by atoms with van der Waals surface area (Å²) < 4.78 is 7.42. The normalized spacial score (nSPS) is 11.1. The van der Waals surface area contributed by atoms with Crippen LogP contribution in [-0.4, -0.2) is 25.0 Å². The molecule has 0 spiro atoms. The van der Waals surface area contributed by atoms with Crippen molar-refractivity contribution >= 4 is 28.3 Å². The van der Waals surface area contributed by atoms with Crippen LogP contribution in [0.5, 0.6) is 11.6 Å². The lowest BCUT2D eigenvalue weighted by atomic mass is 10.2. The molecule has 0 fully saturated rings. The zero-order chi connectivity index (χ0) is 14.2.